The summed E-state index contributed by atoms with van der Waals surface area (Å²) in [5, 5.41) is 0. The number of anilines is 1. The van der Waals surface area contributed by atoms with Crippen LogP contribution in [0, 0.1) is 0 Å². The predicted octanol–water partition coefficient (Wildman–Crippen LogP) is 3.03. The molecule has 0 aliphatic carbocycles. The van der Waals surface area contributed by atoms with E-state index in [4.69, 9.17) is 16.3 Å². The molecule has 1 aliphatic rings. The first kappa shape index (κ1) is 11.3. The fourth-order valence-corrected chi connectivity index (χ4v) is 1.95. The molecule has 16 heavy (non-hydrogen) atoms. The maximum absolute atomic E-state index is 11.6. The Morgan fingerprint density at radius 2 is 2.12 bits per heavy atom. The van der Waals surface area contributed by atoms with Crippen LogP contribution >= 0.6 is 11.6 Å². The van der Waals surface area contributed by atoms with Gasteiger partial charge in [0.25, 0.3) is 0 Å². The summed E-state index contributed by atoms with van der Waals surface area (Å²) in [6.07, 6.45) is 1.43. The van der Waals surface area contributed by atoms with Gasteiger partial charge < -0.3 is 4.74 Å². The van der Waals surface area contributed by atoms with Gasteiger partial charge >= 0.3 is 6.09 Å². The average Bonchev–Trinajstić information content (AvgIpc) is 2.69. The van der Waals surface area contributed by atoms with Gasteiger partial charge in [-0.1, -0.05) is 18.2 Å². The highest BCUT2D eigenvalue weighted by Gasteiger charge is 2.31. The molecule has 1 aromatic rings. The Hall–Kier alpha value is -1.22. The number of nitrogens with zero attached hydrogens (tertiary/aromatic N) is 1. The van der Waals surface area contributed by atoms with Crippen molar-refractivity contribution in [3.05, 3.63) is 30.3 Å². The van der Waals surface area contributed by atoms with Crippen LogP contribution in [0.2, 0.25) is 0 Å². The van der Waals surface area contributed by atoms with E-state index in [1.165, 1.54) is 0 Å². The lowest BCUT2D eigenvalue weighted by molar-refractivity contribution is 0.136. The summed E-state index contributed by atoms with van der Waals surface area (Å²) in [4.78, 5) is 13.3. The predicted molar refractivity (Wildman–Crippen MR) is 64.0 cm³/mol. The number of carbonyl (C=O) groups is 1. The fourth-order valence-electron chi connectivity index (χ4n) is 1.80. The molecule has 1 unspecified atom stereocenters. The quantitative estimate of drug-likeness (QED) is 0.756. The van der Waals surface area contributed by atoms with Gasteiger partial charge in [-0.2, -0.15) is 0 Å². The number of halogens is 1. The minimum absolute atomic E-state index is 0.0218. The number of hydrogen-bond donors (Lipinski definition) is 0. The van der Waals surface area contributed by atoms with Crippen molar-refractivity contribution in [2.75, 3.05) is 17.3 Å². The zero-order valence-electron chi connectivity index (χ0n) is 8.93. The zero-order chi connectivity index (χ0) is 11.4. The third-order valence-electron chi connectivity index (χ3n) is 2.60. The van der Waals surface area contributed by atoms with Gasteiger partial charge in [-0.3, -0.25) is 4.90 Å². The van der Waals surface area contributed by atoms with E-state index in [2.05, 4.69) is 0 Å². The average molecular weight is 240 g/mol. The van der Waals surface area contributed by atoms with E-state index in [-0.39, 0.29) is 12.2 Å². The first-order valence-corrected chi connectivity index (χ1v) is 5.94. The second kappa shape index (κ2) is 5.21. The molecule has 86 valence electrons. The van der Waals surface area contributed by atoms with Crippen molar-refractivity contribution >= 4 is 23.4 Å². The largest absolute Gasteiger partial charge is 0.444 e. The monoisotopic (exact) mass is 239 g/mol. The molecule has 0 bridgehead atoms. The Balaban J connectivity index is 2.00. The molecule has 2 rings (SSSR count). The number of benzene rings is 1. The summed E-state index contributed by atoms with van der Waals surface area (Å²) in [6, 6.07) is 9.57. The highest BCUT2D eigenvalue weighted by molar-refractivity contribution is 6.17. The number of alkyl halides is 1. The molecule has 0 radical (unpaired) electrons. The van der Waals surface area contributed by atoms with Crippen LogP contribution in [-0.4, -0.2) is 24.6 Å². The molecule has 1 heterocycles. The van der Waals surface area contributed by atoms with Crippen LogP contribution in [0.3, 0.4) is 0 Å². The van der Waals surface area contributed by atoms with Crippen LogP contribution in [0.1, 0.15) is 12.8 Å². The lowest BCUT2D eigenvalue weighted by Gasteiger charge is -2.12. The van der Waals surface area contributed by atoms with E-state index in [1.807, 2.05) is 30.3 Å². The molecule has 0 spiro atoms. The van der Waals surface area contributed by atoms with Gasteiger partial charge in [-0.05, 0) is 25.0 Å². The van der Waals surface area contributed by atoms with Gasteiger partial charge in [0, 0.05) is 11.6 Å². The highest BCUT2D eigenvalue weighted by atomic mass is 35.5. The van der Waals surface area contributed by atoms with Crippen LogP contribution in [0.15, 0.2) is 30.3 Å². The lowest BCUT2D eigenvalue weighted by Crippen LogP contribution is -2.24. The molecule has 0 saturated carbocycles. The van der Waals surface area contributed by atoms with Gasteiger partial charge in [0.2, 0.25) is 0 Å². The third kappa shape index (κ3) is 2.47. The maximum atomic E-state index is 11.6. The van der Waals surface area contributed by atoms with Crippen LogP contribution in [0.25, 0.3) is 0 Å². The number of amides is 1. The minimum atomic E-state index is -0.259. The van der Waals surface area contributed by atoms with Crippen molar-refractivity contribution in [1.82, 2.24) is 0 Å². The second-order valence-electron chi connectivity index (χ2n) is 3.78. The first-order chi connectivity index (χ1) is 7.81. The number of ether oxygens (including phenoxy) is 1. The summed E-state index contributed by atoms with van der Waals surface area (Å²) >= 11 is 5.62. The molecule has 1 aromatic carbocycles. The Labute approximate surface area is 100.0 Å². The third-order valence-corrected chi connectivity index (χ3v) is 2.87. The van der Waals surface area contributed by atoms with Crippen molar-refractivity contribution in [3.63, 3.8) is 0 Å². The molecule has 1 amide bonds. The normalized spacial score (nSPS) is 19.9. The minimum Gasteiger partial charge on any atom is -0.444 e. The van der Waals surface area contributed by atoms with Crippen LogP contribution in [-0.2, 0) is 4.74 Å². The van der Waals surface area contributed by atoms with E-state index < -0.39 is 0 Å². The Kier molecular flexibility index (Phi) is 3.67. The summed E-state index contributed by atoms with van der Waals surface area (Å²) in [7, 11) is 0. The van der Waals surface area contributed by atoms with Crippen molar-refractivity contribution < 1.29 is 9.53 Å². The highest BCUT2D eigenvalue weighted by Crippen LogP contribution is 2.22. The Morgan fingerprint density at radius 3 is 2.81 bits per heavy atom. The topological polar surface area (TPSA) is 29.5 Å². The van der Waals surface area contributed by atoms with Crippen molar-refractivity contribution in [1.29, 1.82) is 0 Å². The first-order valence-electron chi connectivity index (χ1n) is 5.40. The van der Waals surface area contributed by atoms with E-state index in [9.17, 15) is 4.79 Å². The van der Waals surface area contributed by atoms with Crippen molar-refractivity contribution in [2.24, 2.45) is 0 Å². The molecule has 1 aliphatic heterocycles. The van der Waals surface area contributed by atoms with Gasteiger partial charge in [0.05, 0.1) is 6.54 Å². The summed E-state index contributed by atoms with van der Waals surface area (Å²) in [5.74, 6) is 0.611. The van der Waals surface area contributed by atoms with Gasteiger partial charge in [0.15, 0.2) is 0 Å². The van der Waals surface area contributed by atoms with Gasteiger partial charge in [-0.15, -0.1) is 11.6 Å². The van der Waals surface area contributed by atoms with E-state index in [0.717, 1.165) is 18.5 Å². The number of hydrogen-bond acceptors (Lipinski definition) is 2. The van der Waals surface area contributed by atoms with Gasteiger partial charge in [-0.25, -0.2) is 4.79 Å². The summed E-state index contributed by atoms with van der Waals surface area (Å²) in [6.45, 7) is 0.625. The summed E-state index contributed by atoms with van der Waals surface area (Å²) in [5.41, 5.74) is 0.890. The molecule has 1 atom stereocenters. The zero-order valence-corrected chi connectivity index (χ0v) is 9.69. The maximum Gasteiger partial charge on any atom is 0.414 e. The van der Waals surface area contributed by atoms with Crippen LogP contribution in [0.5, 0.6) is 0 Å². The van der Waals surface area contributed by atoms with E-state index in [0.29, 0.717) is 12.4 Å². The standard InChI is InChI=1S/C12H14ClNO2/c13-8-4-7-11-9-14(12(15)16-11)10-5-2-1-3-6-10/h1-3,5-6,11H,4,7-9H2. The SMILES string of the molecule is O=C1OC(CCCCl)CN1c1ccccc1. The number of rotatable bonds is 4. The Bertz CT molecular complexity index is 355. The molecule has 3 nitrogen and oxygen atoms in total. The van der Waals surface area contributed by atoms with E-state index in [1.54, 1.807) is 4.90 Å². The molecule has 0 N–H and O–H groups in total. The molecular weight excluding hydrogens is 226 g/mol. The molecule has 0 aromatic heterocycles. The fraction of sp³-hybridized carbons (Fsp3) is 0.417. The van der Waals surface area contributed by atoms with Gasteiger partial charge in [0.1, 0.15) is 6.10 Å². The summed E-state index contributed by atoms with van der Waals surface area (Å²) < 4.78 is 5.26. The smallest absolute Gasteiger partial charge is 0.414 e. The molecule has 1 fully saturated rings. The lowest BCUT2D eigenvalue weighted by atomic mass is 10.2. The number of para-hydroxylation sites is 1. The molecule has 1 saturated heterocycles. The van der Waals surface area contributed by atoms with Crippen molar-refractivity contribution in [2.45, 2.75) is 18.9 Å². The van der Waals surface area contributed by atoms with E-state index >= 15 is 0 Å². The second-order valence-corrected chi connectivity index (χ2v) is 4.16. The number of cyclic esters (lactones) is 1. The molecular formula is C12H14ClNO2. The number of carbonyl (C=O) groups excluding carboxylic acids is 1. The molecule has 4 heteroatoms. The van der Waals surface area contributed by atoms with Crippen molar-refractivity contribution in [3.8, 4) is 0 Å². The Morgan fingerprint density at radius 1 is 1.38 bits per heavy atom. The van der Waals surface area contributed by atoms with Crippen LogP contribution < -0.4 is 4.90 Å². The van der Waals surface area contributed by atoms with Crippen LogP contribution in [0.4, 0.5) is 10.5 Å².